The highest BCUT2D eigenvalue weighted by Crippen LogP contribution is 2.22. The molecule has 11 heteroatoms. The van der Waals surface area contributed by atoms with Gasteiger partial charge in [0.25, 0.3) is 5.69 Å². The van der Waals surface area contributed by atoms with Crippen LogP contribution in [-0.2, 0) is 24.3 Å². The second-order valence-corrected chi connectivity index (χ2v) is 12.4. The number of aromatic nitrogens is 2. The zero-order chi connectivity index (χ0) is 32.5. The van der Waals surface area contributed by atoms with Crippen LogP contribution in [-0.4, -0.2) is 43.0 Å². The molecule has 1 heterocycles. The van der Waals surface area contributed by atoms with E-state index < -0.39 is 4.92 Å². The quantitative estimate of drug-likeness (QED) is 0.0746. The number of benzene rings is 4. The van der Waals surface area contributed by atoms with Crippen LogP contribution in [0.15, 0.2) is 108 Å². The summed E-state index contributed by atoms with van der Waals surface area (Å²) in [5.74, 6) is -0.111. The van der Waals surface area contributed by atoms with Crippen molar-refractivity contribution in [2.75, 3.05) is 11.9 Å². The van der Waals surface area contributed by atoms with Crippen LogP contribution in [0, 0.1) is 10.1 Å². The SMILES string of the molecule is CCC[C@@H](CN(Cc1cccc2ccccc12)C(=S)Nc1cccc(Br)c1)NC(=O)Cc1cncn1Cc1ccc([N+](=O)[O-])cc1. The summed E-state index contributed by atoms with van der Waals surface area (Å²) in [6.45, 7) is 3.64. The molecular weight excluding hydrogens is 664 g/mol. The van der Waals surface area contributed by atoms with E-state index in [2.05, 4.69) is 73.7 Å². The summed E-state index contributed by atoms with van der Waals surface area (Å²) in [5, 5.41) is 20.6. The minimum Gasteiger partial charge on any atom is -0.351 e. The standard InChI is InChI=1S/C35H35BrN6O3S/c1-2-7-30(38-34(43)19-32-20-37-24-41(32)21-25-14-16-31(17-15-25)42(44)45)23-40(35(46)39-29-12-6-11-28(36)18-29)22-27-10-5-9-26-8-3-4-13-33(26)27/h3-6,8-18,20,24,30H,2,7,19,21-23H2,1H3,(H,38,43)(H,39,46)/t30-/m0/s1. The molecule has 9 nitrogen and oxygen atoms in total. The van der Waals surface area contributed by atoms with Gasteiger partial charge in [-0.1, -0.05) is 89.9 Å². The van der Waals surface area contributed by atoms with Crippen LogP contribution in [0.5, 0.6) is 0 Å². The number of nitro benzene ring substituents is 1. The van der Waals surface area contributed by atoms with Crippen LogP contribution >= 0.6 is 28.1 Å². The third-order valence-corrected chi connectivity index (χ3v) is 8.54. The van der Waals surface area contributed by atoms with E-state index in [-0.39, 0.29) is 24.1 Å². The molecule has 0 radical (unpaired) electrons. The Hall–Kier alpha value is -4.61. The van der Waals surface area contributed by atoms with Crippen molar-refractivity contribution < 1.29 is 9.72 Å². The smallest absolute Gasteiger partial charge is 0.269 e. The highest BCUT2D eigenvalue weighted by atomic mass is 79.9. The van der Waals surface area contributed by atoms with Crippen LogP contribution in [0.3, 0.4) is 0 Å². The molecule has 0 spiro atoms. The maximum atomic E-state index is 13.4. The average molecular weight is 700 g/mol. The molecule has 4 aromatic carbocycles. The number of hydrogen-bond acceptors (Lipinski definition) is 5. The molecule has 0 fully saturated rings. The molecule has 0 aliphatic carbocycles. The number of nitrogens with one attached hydrogen (secondary N) is 2. The minimum absolute atomic E-state index is 0.0387. The number of rotatable bonds is 13. The Morgan fingerprint density at radius 3 is 2.59 bits per heavy atom. The van der Waals surface area contributed by atoms with Crippen LogP contribution in [0.4, 0.5) is 11.4 Å². The van der Waals surface area contributed by atoms with Gasteiger partial charge in [-0.25, -0.2) is 4.98 Å². The molecule has 2 N–H and O–H groups in total. The molecule has 0 aliphatic heterocycles. The highest BCUT2D eigenvalue weighted by Gasteiger charge is 2.21. The molecule has 5 rings (SSSR count). The van der Waals surface area contributed by atoms with Gasteiger partial charge in [-0.05, 0) is 58.7 Å². The lowest BCUT2D eigenvalue weighted by Gasteiger charge is -2.31. The number of imidazole rings is 1. The van der Waals surface area contributed by atoms with Gasteiger partial charge in [0, 0.05) is 59.9 Å². The van der Waals surface area contributed by atoms with Crippen molar-refractivity contribution >= 4 is 61.3 Å². The Kier molecular flexibility index (Phi) is 11.1. The van der Waals surface area contributed by atoms with Crippen molar-refractivity contribution in [3.63, 3.8) is 0 Å². The maximum Gasteiger partial charge on any atom is 0.269 e. The molecule has 0 saturated heterocycles. The third-order valence-electron chi connectivity index (χ3n) is 7.69. The number of fused-ring (bicyclic) bond motifs is 1. The molecule has 0 bridgehead atoms. The van der Waals surface area contributed by atoms with Crippen LogP contribution in [0.2, 0.25) is 0 Å². The number of carbonyl (C=O) groups is 1. The van der Waals surface area contributed by atoms with Gasteiger partial charge >= 0.3 is 0 Å². The van der Waals surface area contributed by atoms with E-state index in [4.69, 9.17) is 12.2 Å². The van der Waals surface area contributed by atoms with Crippen molar-refractivity contribution in [2.24, 2.45) is 0 Å². The number of nitrogens with zero attached hydrogens (tertiary/aromatic N) is 4. The summed E-state index contributed by atoms with van der Waals surface area (Å²) in [5.41, 5.74) is 3.69. The number of anilines is 1. The van der Waals surface area contributed by atoms with Gasteiger partial charge in [0.05, 0.1) is 17.7 Å². The highest BCUT2D eigenvalue weighted by molar-refractivity contribution is 9.10. The molecule has 0 saturated carbocycles. The van der Waals surface area contributed by atoms with Gasteiger partial charge < -0.3 is 20.1 Å². The number of carbonyl (C=O) groups excluding carboxylic acids is 1. The Morgan fingerprint density at radius 1 is 1.07 bits per heavy atom. The Bertz CT molecular complexity index is 1820. The lowest BCUT2D eigenvalue weighted by molar-refractivity contribution is -0.384. The molecule has 1 amide bonds. The van der Waals surface area contributed by atoms with Crippen LogP contribution < -0.4 is 10.6 Å². The Labute approximate surface area is 281 Å². The first-order valence-corrected chi connectivity index (χ1v) is 16.3. The molecule has 46 heavy (non-hydrogen) atoms. The van der Waals surface area contributed by atoms with E-state index >= 15 is 0 Å². The predicted molar refractivity (Wildman–Crippen MR) is 190 cm³/mol. The van der Waals surface area contributed by atoms with Crippen molar-refractivity contribution in [1.82, 2.24) is 19.8 Å². The van der Waals surface area contributed by atoms with Gasteiger partial charge in [-0.15, -0.1) is 0 Å². The fraction of sp³-hybridized carbons (Fsp3) is 0.229. The zero-order valence-corrected chi connectivity index (χ0v) is 27.8. The van der Waals surface area contributed by atoms with E-state index in [0.717, 1.165) is 50.6 Å². The fourth-order valence-corrected chi connectivity index (χ4v) is 6.10. The van der Waals surface area contributed by atoms with Crippen molar-refractivity contribution in [2.45, 2.75) is 45.3 Å². The summed E-state index contributed by atoms with van der Waals surface area (Å²) in [7, 11) is 0. The summed E-state index contributed by atoms with van der Waals surface area (Å²) in [6, 6.07) is 28.7. The second-order valence-electron chi connectivity index (χ2n) is 11.1. The van der Waals surface area contributed by atoms with Crippen LogP contribution in [0.1, 0.15) is 36.6 Å². The van der Waals surface area contributed by atoms with E-state index in [9.17, 15) is 14.9 Å². The van der Waals surface area contributed by atoms with Gasteiger partial charge in [0.1, 0.15) is 0 Å². The Morgan fingerprint density at radius 2 is 1.83 bits per heavy atom. The molecule has 5 aromatic rings. The summed E-state index contributed by atoms with van der Waals surface area (Å²) >= 11 is 9.51. The first-order valence-electron chi connectivity index (χ1n) is 15.1. The lowest BCUT2D eigenvalue weighted by Crippen LogP contribution is -2.47. The fourth-order valence-electron chi connectivity index (χ4n) is 5.45. The van der Waals surface area contributed by atoms with Gasteiger partial charge in [-0.3, -0.25) is 14.9 Å². The largest absolute Gasteiger partial charge is 0.351 e. The number of non-ortho nitro benzene ring substituents is 1. The predicted octanol–water partition coefficient (Wildman–Crippen LogP) is 7.48. The topological polar surface area (TPSA) is 105 Å². The summed E-state index contributed by atoms with van der Waals surface area (Å²) in [4.78, 5) is 30.4. The monoisotopic (exact) mass is 698 g/mol. The number of amides is 1. The average Bonchev–Trinajstić information content (AvgIpc) is 3.47. The van der Waals surface area contributed by atoms with E-state index in [1.807, 2.05) is 41.0 Å². The van der Waals surface area contributed by atoms with Gasteiger partial charge in [0.15, 0.2) is 5.11 Å². The maximum absolute atomic E-state index is 13.4. The van der Waals surface area contributed by atoms with E-state index in [1.54, 1.807) is 24.7 Å². The van der Waals surface area contributed by atoms with Gasteiger partial charge in [0.2, 0.25) is 5.91 Å². The number of halogens is 1. The zero-order valence-electron chi connectivity index (χ0n) is 25.4. The molecule has 236 valence electrons. The normalized spacial score (nSPS) is 11.6. The van der Waals surface area contributed by atoms with Gasteiger partial charge in [-0.2, -0.15) is 0 Å². The van der Waals surface area contributed by atoms with E-state index in [1.165, 1.54) is 12.1 Å². The van der Waals surface area contributed by atoms with Crippen LogP contribution in [0.25, 0.3) is 10.8 Å². The van der Waals surface area contributed by atoms with Crippen molar-refractivity contribution in [3.8, 4) is 0 Å². The Balaban J connectivity index is 1.31. The minimum atomic E-state index is -0.421. The number of nitro groups is 1. The summed E-state index contributed by atoms with van der Waals surface area (Å²) in [6.07, 6.45) is 5.17. The summed E-state index contributed by atoms with van der Waals surface area (Å²) < 4.78 is 2.84. The number of hydrogen-bond donors (Lipinski definition) is 2. The molecular formula is C35H35BrN6O3S. The molecule has 0 unspecified atom stereocenters. The third kappa shape index (κ3) is 8.76. The number of thiocarbonyl (C=S) groups is 1. The van der Waals surface area contributed by atoms with Crippen molar-refractivity contribution in [1.29, 1.82) is 0 Å². The first kappa shape index (κ1) is 32.8. The first-order chi connectivity index (χ1) is 22.3. The molecule has 1 atom stereocenters. The van der Waals surface area contributed by atoms with E-state index in [0.29, 0.717) is 24.7 Å². The van der Waals surface area contributed by atoms with Crippen molar-refractivity contribution in [3.05, 3.63) is 135 Å². The molecule has 1 aromatic heterocycles. The second kappa shape index (κ2) is 15.6. The lowest BCUT2D eigenvalue weighted by atomic mass is 10.0. The molecule has 0 aliphatic rings.